The van der Waals surface area contributed by atoms with Crippen LogP contribution in [-0.4, -0.2) is 35.7 Å². The van der Waals surface area contributed by atoms with Gasteiger partial charge in [-0.2, -0.15) is 0 Å². The number of rotatable bonds is 2. The van der Waals surface area contributed by atoms with Crippen LogP contribution in [0.5, 0.6) is 0 Å². The van der Waals surface area contributed by atoms with Gasteiger partial charge in [0, 0.05) is 0 Å². The number of imide groups is 2. The molecule has 1 saturated heterocycles. The number of hydrogen-bond acceptors (Lipinski definition) is 5. The minimum atomic E-state index is -4.43. The Balaban J connectivity index is 0. The fourth-order valence-corrected chi connectivity index (χ4v) is 2.31. The summed E-state index contributed by atoms with van der Waals surface area (Å²) in [6.45, 7) is 0. The van der Waals surface area contributed by atoms with Crippen molar-refractivity contribution in [1.82, 2.24) is 0 Å². The van der Waals surface area contributed by atoms with E-state index >= 15 is 0 Å². The molecule has 84 valence electrons. The van der Waals surface area contributed by atoms with Crippen molar-refractivity contribution in [3.8, 4) is 0 Å². The van der Waals surface area contributed by atoms with E-state index in [1.807, 2.05) is 0 Å². The van der Waals surface area contributed by atoms with Crippen LogP contribution in [0.1, 0.15) is 0 Å². The average Bonchev–Trinajstić information content (AvgIpc) is 2.00. The SMILES string of the molecule is O=C1[N-]C(=O)C(S(=O)(=O)C(Cl)Cl)C(=O)[N-]1.[Na+].[Na+]. The van der Waals surface area contributed by atoms with Gasteiger partial charge in [0.25, 0.3) is 0 Å². The second-order valence-corrected chi connectivity index (χ2v) is 6.15. The first kappa shape index (κ1) is 20.5. The van der Waals surface area contributed by atoms with Crippen LogP contribution in [0.25, 0.3) is 10.6 Å². The largest absolute Gasteiger partial charge is 1.00 e. The van der Waals surface area contributed by atoms with Crippen LogP contribution in [0.4, 0.5) is 4.79 Å². The first-order valence-corrected chi connectivity index (χ1v) is 5.81. The molecule has 0 radical (unpaired) electrons. The molecule has 0 N–H and O–H groups in total. The van der Waals surface area contributed by atoms with Crippen LogP contribution in [-0.2, 0) is 19.4 Å². The number of sulfone groups is 1. The predicted octanol–water partition coefficient (Wildman–Crippen LogP) is -5.53. The average molecular weight is 319 g/mol. The summed E-state index contributed by atoms with van der Waals surface area (Å²) in [5, 5.41) is 3.19. The molecule has 1 fully saturated rings. The van der Waals surface area contributed by atoms with Gasteiger partial charge in [-0.15, -0.1) is 0 Å². The van der Waals surface area contributed by atoms with Crippen LogP contribution in [0.15, 0.2) is 0 Å². The molecule has 0 unspecified atom stereocenters. The number of carbonyl (C=O) groups excluding carboxylic acids is 3. The molecule has 0 saturated carbocycles. The minimum absolute atomic E-state index is 0. The molecule has 1 rings (SSSR count). The molecule has 17 heavy (non-hydrogen) atoms. The molecule has 7 nitrogen and oxygen atoms in total. The molecule has 12 heteroatoms. The Morgan fingerprint density at radius 2 is 1.35 bits per heavy atom. The summed E-state index contributed by atoms with van der Waals surface area (Å²) >= 11 is 10.1. The van der Waals surface area contributed by atoms with Crippen molar-refractivity contribution in [1.29, 1.82) is 0 Å². The molecular formula is C5H2Cl2N2Na2O5S. The molecule has 1 aliphatic rings. The number of hydrogen-bond donors (Lipinski definition) is 0. The Kier molecular flexibility index (Phi) is 9.22. The summed E-state index contributed by atoms with van der Waals surface area (Å²) in [5.41, 5.74) is 0. The van der Waals surface area contributed by atoms with Gasteiger partial charge in [0.15, 0.2) is 9.84 Å². The summed E-state index contributed by atoms with van der Waals surface area (Å²) in [5.74, 6) is -2.85. The van der Waals surface area contributed by atoms with E-state index in [2.05, 4.69) is 10.6 Å². The molecule has 0 aromatic carbocycles. The summed E-state index contributed by atoms with van der Waals surface area (Å²) in [4.78, 5) is 32.5. The van der Waals surface area contributed by atoms with Gasteiger partial charge < -0.3 is 25.0 Å². The first-order chi connectivity index (χ1) is 6.76. The van der Waals surface area contributed by atoms with Gasteiger partial charge in [-0.1, -0.05) is 23.2 Å². The van der Waals surface area contributed by atoms with Crippen molar-refractivity contribution < 1.29 is 81.9 Å². The maximum atomic E-state index is 11.3. The van der Waals surface area contributed by atoms with Gasteiger partial charge in [-0.05, 0) is 6.03 Å². The van der Waals surface area contributed by atoms with E-state index < -0.39 is 37.1 Å². The second kappa shape index (κ2) is 7.66. The van der Waals surface area contributed by atoms with Crippen molar-refractivity contribution in [3.63, 3.8) is 0 Å². The van der Waals surface area contributed by atoms with Crippen molar-refractivity contribution in [2.75, 3.05) is 0 Å². The molecule has 0 aromatic heterocycles. The number of alkyl halides is 2. The summed E-state index contributed by atoms with van der Waals surface area (Å²) in [6, 6.07) is -1.34. The number of barbiturate groups is 1. The summed E-state index contributed by atoms with van der Waals surface area (Å²) < 4.78 is 20.6. The van der Waals surface area contributed by atoms with Crippen molar-refractivity contribution in [2.24, 2.45) is 0 Å². The number of amides is 4. The van der Waals surface area contributed by atoms with Crippen molar-refractivity contribution in [2.45, 2.75) is 9.42 Å². The molecule has 0 aliphatic carbocycles. The topological polar surface area (TPSA) is 114 Å². The molecule has 0 atom stereocenters. The third-order valence-corrected chi connectivity index (χ3v) is 4.48. The van der Waals surface area contributed by atoms with Crippen LogP contribution < -0.4 is 59.1 Å². The monoisotopic (exact) mass is 318 g/mol. The fraction of sp³-hybridized carbons (Fsp3) is 0.400. The van der Waals surface area contributed by atoms with Gasteiger partial charge in [-0.25, -0.2) is 8.42 Å². The van der Waals surface area contributed by atoms with Crippen molar-refractivity contribution in [3.05, 3.63) is 10.6 Å². The van der Waals surface area contributed by atoms with E-state index in [1.165, 1.54) is 0 Å². The van der Waals surface area contributed by atoms with Crippen LogP contribution in [0, 0.1) is 0 Å². The molecular weight excluding hydrogens is 317 g/mol. The molecule has 0 spiro atoms. The Hall–Kier alpha value is 1.14. The Morgan fingerprint density at radius 1 is 1.00 bits per heavy atom. The van der Waals surface area contributed by atoms with Gasteiger partial charge in [-0.3, -0.25) is 0 Å². The van der Waals surface area contributed by atoms with Crippen LogP contribution in [0.3, 0.4) is 0 Å². The van der Waals surface area contributed by atoms with E-state index in [-0.39, 0.29) is 59.1 Å². The molecule has 0 aromatic rings. The van der Waals surface area contributed by atoms with E-state index in [0.29, 0.717) is 0 Å². The van der Waals surface area contributed by atoms with Crippen LogP contribution >= 0.6 is 23.2 Å². The Bertz CT molecular complexity index is 420. The smallest absolute Gasteiger partial charge is 0.610 e. The van der Waals surface area contributed by atoms with Gasteiger partial charge in [0.1, 0.15) is 5.25 Å². The standard InChI is InChI=1S/C5H4Cl2N2O5S.2Na/c6-4(7)15(13,14)1-2(10)8-5(12)9-3(1)11;;/h1,4H,(H2,8,9,10,11,12);;/q;2*+1/p-2. The molecule has 4 amide bonds. The van der Waals surface area contributed by atoms with E-state index in [1.54, 1.807) is 0 Å². The predicted molar refractivity (Wildman–Crippen MR) is 50.3 cm³/mol. The zero-order valence-electron chi connectivity index (χ0n) is 8.75. The van der Waals surface area contributed by atoms with Crippen LogP contribution in [0.2, 0.25) is 0 Å². The summed E-state index contributed by atoms with van der Waals surface area (Å²) in [7, 11) is -4.43. The van der Waals surface area contributed by atoms with Crippen molar-refractivity contribution >= 4 is 50.9 Å². The normalized spacial score (nSPS) is 16.8. The number of carbonyl (C=O) groups is 3. The molecule has 1 heterocycles. The number of halogens is 2. The second-order valence-electron chi connectivity index (χ2n) is 2.41. The fourth-order valence-electron chi connectivity index (χ4n) is 0.820. The molecule has 1 aliphatic heterocycles. The minimum Gasteiger partial charge on any atom is -0.610 e. The first-order valence-electron chi connectivity index (χ1n) is 3.33. The van der Waals surface area contributed by atoms with Gasteiger partial charge in [0.05, 0.1) is 11.8 Å². The quantitative estimate of drug-likeness (QED) is 0.286. The maximum absolute atomic E-state index is 11.3. The van der Waals surface area contributed by atoms with E-state index in [9.17, 15) is 22.8 Å². The van der Waals surface area contributed by atoms with Gasteiger partial charge in [0.2, 0.25) is 4.17 Å². The zero-order valence-corrected chi connectivity index (χ0v) is 15.1. The Labute approximate surface area is 151 Å². The van der Waals surface area contributed by atoms with E-state index in [4.69, 9.17) is 23.2 Å². The zero-order chi connectivity index (χ0) is 11.8. The maximum Gasteiger partial charge on any atom is 1.00 e. The third-order valence-electron chi connectivity index (χ3n) is 1.44. The van der Waals surface area contributed by atoms with E-state index in [0.717, 1.165) is 0 Å². The van der Waals surface area contributed by atoms with Gasteiger partial charge >= 0.3 is 59.1 Å². The third kappa shape index (κ3) is 4.63. The summed E-state index contributed by atoms with van der Waals surface area (Å²) in [6.07, 6.45) is 0. The number of nitrogens with zero attached hydrogens (tertiary/aromatic N) is 2. The Morgan fingerprint density at radius 3 is 1.65 bits per heavy atom. The number of urea groups is 1. The molecule has 0 bridgehead atoms.